The molecule has 2 aromatic heterocycles. The zero-order chi connectivity index (χ0) is 25.4. The highest BCUT2D eigenvalue weighted by Gasteiger charge is 2.53. The molecule has 3 aromatic carbocycles. The summed E-state index contributed by atoms with van der Waals surface area (Å²) >= 11 is 0. The molecule has 8 rings (SSSR count). The fourth-order valence-electron chi connectivity index (χ4n) is 8.42. The smallest absolute Gasteiger partial charge is 0.254 e. The molecule has 0 spiro atoms. The molecule has 3 aliphatic rings. The van der Waals surface area contributed by atoms with Crippen LogP contribution < -0.4 is 10.6 Å². The van der Waals surface area contributed by atoms with Crippen LogP contribution >= 0.6 is 0 Å². The maximum atomic E-state index is 13.4. The van der Waals surface area contributed by atoms with E-state index in [0.29, 0.717) is 11.1 Å². The summed E-state index contributed by atoms with van der Waals surface area (Å²) in [5, 5.41) is 21.3. The number of nitrogens with zero attached hydrogens (tertiary/aromatic N) is 2. The Hall–Kier alpha value is -3.68. The zero-order valence-corrected chi connectivity index (χ0v) is 21.0. The third-order valence-corrected chi connectivity index (χ3v) is 9.50. The number of aliphatic hydroxyl groups is 1. The summed E-state index contributed by atoms with van der Waals surface area (Å²) in [6.45, 7) is 3.95. The summed E-state index contributed by atoms with van der Waals surface area (Å²) in [5.41, 5.74) is 4.87. The number of Topliss-reactive ketones (excluding diaryl/α,β-unsaturated/α-hetero) is 1. The van der Waals surface area contributed by atoms with Crippen molar-refractivity contribution in [2.45, 2.75) is 50.5 Å². The molecule has 186 valence electrons. The average molecular weight is 493 g/mol. The van der Waals surface area contributed by atoms with Crippen molar-refractivity contribution in [1.29, 1.82) is 0 Å². The van der Waals surface area contributed by atoms with Crippen LogP contribution in [0, 0.1) is 5.92 Å². The second kappa shape index (κ2) is 6.79. The van der Waals surface area contributed by atoms with Crippen molar-refractivity contribution in [2.75, 3.05) is 7.05 Å². The molecular formula is C30H28N4O3. The van der Waals surface area contributed by atoms with Crippen LogP contribution in [-0.4, -0.2) is 39.0 Å². The normalized spacial score (nSPS) is 28.4. The molecule has 3 N–H and O–H groups in total. The quantitative estimate of drug-likeness (QED) is 0.339. The van der Waals surface area contributed by atoms with Gasteiger partial charge in [-0.2, -0.15) is 0 Å². The molecule has 7 nitrogen and oxygen atoms in total. The molecule has 2 aliphatic heterocycles. The third-order valence-electron chi connectivity index (χ3n) is 9.50. The van der Waals surface area contributed by atoms with Gasteiger partial charge in [0.15, 0.2) is 6.23 Å². The lowest BCUT2D eigenvalue weighted by atomic mass is 9.67. The number of aromatic nitrogens is 2. The average Bonchev–Trinajstić information content (AvgIpc) is 3.48. The number of nitrogens with one attached hydrogen (secondary N) is 2. The maximum absolute atomic E-state index is 13.4. The molecule has 37 heavy (non-hydrogen) atoms. The van der Waals surface area contributed by atoms with Gasteiger partial charge in [0.25, 0.3) is 5.91 Å². The molecule has 1 unspecified atom stereocenters. The second-order valence-corrected chi connectivity index (χ2v) is 11.3. The van der Waals surface area contributed by atoms with Gasteiger partial charge in [0, 0.05) is 50.2 Å². The lowest BCUT2D eigenvalue weighted by Gasteiger charge is -2.48. The number of carbonyl (C=O) groups is 2. The van der Waals surface area contributed by atoms with Crippen molar-refractivity contribution >= 4 is 55.3 Å². The molecule has 1 amide bonds. The Labute approximate surface area is 213 Å². The van der Waals surface area contributed by atoms with E-state index < -0.39 is 11.8 Å². The predicted octanol–water partition coefficient (Wildman–Crippen LogP) is 4.49. The zero-order valence-electron chi connectivity index (χ0n) is 21.0. The van der Waals surface area contributed by atoms with Crippen molar-refractivity contribution < 1.29 is 14.7 Å². The largest absolute Gasteiger partial charge is 0.369 e. The first-order chi connectivity index (χ1) is 17.9. The number of amides is 1. The standard InChI is InChI=1S/C30H28N4O3/c1-14(35)25-18(31-3)12-15-13-30(25,2)34-20-11-7-5-9-17(20)22-24-23(28(36)32-29(24)37)21-16-8-4-6-10-19(16)33(15)26(21)27(22)34/h4-11,15,18,25,29,31,37H,12-13H2,1-3H3,(H,32,36)/t15-,18?,25+,29-,30-/m0/s1. The highest BCUT2D eigenvalue weighted by molar-refractivity contribution is 6.31. The number of benzene rings is 3. The Kier molecular flexibility index (Phi) is 3.93. The molecule has 1 aliphatic carbocycles. The summed E-state index contributed by atoms with van der Waals surface area (Å²) in [6, 6.07) is 16.7. The fraction of sp³-hybridized carbons (Fsp3) is 0.333. The van der Waals surface area contributed by atoms with Crippen molar-refractivity contribution in [3.05, 3.63) is 59.7 Å². The summed E-state index contributed by atoms with van der Waals surface area (Å²) in [7, 11) is 1.95. The Bertz CT molecular complexity index is 1860. The van der Waals surface area contributed by atoms with Crippen LogP contribution in [0.25, 0.3) is 43.6 Å². The Morgan fingerprint density at radius 3 is 2.43 bits per heavy atom. The fourth-order valence-corrected chi connectivity index (χ4v) is 8.42. The molecule has 0 radical (unpaired) electrons. The van der Waals surface area contributed by atoms with E-state index in [2.05, 4.69) is 51.0 Å². The van der Waals surface area contributed by atoms with Gasteiger partial charge in [0.05, 0.1) is 28.1 Å². The van der Waals surface area contributed by atoms with Crippen molar-refractivity contribution in [3.63, 3.8) is 0 Å². The Morgan fingerprint density at radius 1 is 1.05 bits per heavy atom. The van der Waals surface area contributed by atoms with Gasteiger partial charge < -0.3 is 24.9 Å². The Morgan fingerprint density at radius 2 is 1.73 bits per heavy atom. The molecule has 0 saturated heterocycles. The van der Waals surface area contributed by atoms with Gasteiger partial charge in [-0.25, -0.2) is 0 Å². The highest BCUT2D eigenvalue weighted by Crippen LogP contribution is 2.56. The molecule has 1 saturated carbocycles. The minimum Gasteiger partial charge on any atom is -0.369 e. The molecule has 5 atom stereocenters. The van der Waals surface area contributed by atoms with E-state index in [0.717, 1.165) is 56.5 Å². The molecular weight excluding hydrogens is 464 g/mol. The molecule has 7 heteroatoms. The number of fused-ring (bicyclic) bond motifs is 13. The van der Waals surface area contributed by atoms with E-state index in [1.54, 1.807) is 6.92 Å². The SMILES string of the molecule is CNC1C[C@H]2C[C@@](C)([C@@H]1C(C)=O)n1c3ccccc3c3c4c(c5c6ccccc6n2c5c31)C(=O)N[C@H]4O. The topological polar surface area (TPSA) is 88.3 Å². The predicted molar refractivity (Wildman–Crippen MR) is 144 cm³/mol. The number of hydrogen-bond acceptors (Lipinski definition) is 4. The van der Waals surface area contributed by atoms with Crippen LogP contribution in [0.2, 0.25) is 0 Å². The second-order valence-electron chi connectivity index (χ2n) is 11.3. The lowest BCUT2D eigenvalue weighted by molar-refractivity contribution is -0.127. The molecule has 1 fully saturated rings. The highest BCUT2D eigenvalue weighted by atomic mass is 16.3. The van der Waals surface area contributed by atoms with E-state index in [4.69, 9.17) is 0 Å². The number of ketones is 1. The van der Waals surface area contributed by atoms with E-state index in [9.17, 15) is 14.7 Å². The van der Waals surface area contributed by atoms with Crippen LogP contribution in [0.5, 0.6) is 0 Å². The third kappa shape index (κ3) is 2.31. The number of para-hydroxylation sites is 2. The van der Waals surface area contributed by atoms with E-state index in [1.165, 1.54) is 0 Å². The van der Waals surface area contributed by atoms with Crippen molar-refractivity contribution in [1.82, 2.24) is 19.8 Å². The number of carbonyl (C=O) groups excluding carboxylic acids is 2. The summed E-state index contributed by atoms with van der Waals surface area (Å²) in [5.74, 6) is -0.286. The van der Waals surface area contributed by atoms with Gasteiger partial charge >= 0.3 is 0 Å². The van der Waals surface area contributed by atoms with Crippen LogP contribution in [0.3, 0.4) is 0 Å². The molecule has 2 bridgehead atoms. The van der Waals surface area contributed by atoms with Gasteiger partial charge in [0.1, 0.15) is 5.78 Å². The summed E-state index contributed by atoms with van der Waals surface area (Å²) in [6.07, 6.45) is 0.531. The minimum absolute atomic E-state index is 0.00345. The first-order valence-electron chi connectivity index (χ1n) is 13.1. The van der Waals surface area contributed by atoms with E-state index >= 15 is 0 Å². The van der Waals surface area contributed by atoms with Crippen molar-refractivity contribution in [2.24, 2.45) is 5.92 Å². The summed E-state index contributed by atoms with van der Waals surface area (Å²) < 4.78 is 4.83. The van der Waals surface area contributed by atoms with Gasteiger partial charge in [0.2, 0.25) is 0 Å². The maximum Gasteiger partial charge on any atom is 0.254 e. The number of rotatable bonds is 2. The van der Waals surface area contributed by atoms with Crippen LogP contribution in [0.15, 0.2) is 48.5 Å². The molecule has 5 aromatic rings. The minimum atomic E-state index is -1.09. The monoisotopic (exact) mass is 492 g/mol. The first-order valence-corrected chi connectivity index (χ1v) is 13.1. The van der Waals surface area contributed by atoms with Gasteiger partial charge in [-0.05, 0) is 45.9 Å². The molecule has 4 heterocycles. The van der Waals surface area contributed by atoms with Crippen LogP contribution in [0.4, 0.5) is 0 Å². The van der Waals surface area contributed by atoms with Gasteiger partial charge in [-0.1, -0.05) is 36.4 Å². The van der Waals surface area contributed by atoms with E-state index in [1.807, 2.05) is 31.3 Å². The number of aliphatic hydroxyl groups excluding tert-OH is 1. The Balaban J connectivity index is 1.73. The number of hydrogen-bond donors (Lipinski definition) is 3. The van der Waals surface area contributed by atoms with Crippen molar-refractivity contribution in [3.8, 4) is 0 Å². The van der Waals surface area contributed by atoms with Gasteiger partial charge in [-0.15, -0.1) is 0 Å². The lowest BCUT2D eigenvalue weighted by Crippen LogP contribution is -2.56. The first kappa shape index (κ1) is 21.4. The van der Waals surface area contributed by atoms with Gasteiger partial charge in [-0.3, -0.25) is 9.59 Å². The summed E-state index contributed by atoms with van der Waals surface area (Å²) in [4.78, 5) is 26.8. The van der Waals surface area contributed by atoms with E-state index in [-0.39, 0.29) is 29.7 Å². The van der Waals surface area contributed by atoms with Crippen LogP contribution in [0.1, 0.15) is 54.9 Å². The van der Waals surface area contributed by atoms with Crippen LogP contribution in [-0.2, 0) is 10.3 Å².